The van der Waals surface area contributed by atoms with Crippen molar-refractivity contribution in [2.45, 2.75) is 6.10 Å². The van der Waals surface area contributed by atoms with Crippen LogP contribution in [0.5, 0.6) is 11.5 Å². The Labute approximate surface area is 96.9 Å². The van der Waals surface area contributed by atoms with E-state index in [1.807, 2.05) is 0 Å². The van der Waals surface area contributed by atoms with Gasteiger partial charge in [-0.25, -0.2) is 4.79 Å². The van der Waals surface area contributed by atoms with Crippen molar-refractivity contribution in [1.29, 1.82) is 0 Å². The molecule has 1 aliphatic rings. The van der Waals surface area contributed by atoms with Crippen LogP contribution in [0.25, 0.3) is 0 Å². The van der Waals surface area contributed by atoms with E-state index in [1.54, 1.807) is 6.07 Å². The molecule has 0 spiro atoms. The fourth-order valence-corrected chi connectivity index (χ4v) is 1.77. The van der Waals surface area contributed by atoms with E-state index in [-0.39, 0.29) is 11.5 Å². The van der Waals surface area contributed by atoms with E-state index in [0.29, 0.717) is 17.1 Å². The van der Waals surface area contributed by atoms with E-state index < -0.39 is 12.2 Å². The number of halogens is 1. The second-order valence-electron chi connectivity index (χ2n) is 3.32. The van der Waals surface area contributed by atoms with Crippen molar-refractivity contribution in [3.8, 4) is 11.5 Å². The van der Waals surface area contributed by atoms with Gasteiger partial charge < -0.3 is 19.9 Å². The number of ether oxygens (including phenoxy) is 2. The van der Waals surface area contributed by atoms with Gasteiger partial charge in [0.05, 0.1) is 13.7 Å². The average molecular weight is 244 g/mol. The highest BCUT2D eigenvalue weighted by Gasteiger charge is 2.28. The van der Waals surface area contributed by atoms with Crippen LogP contribution in [-0.2, 0) is 4.74 Å². The van der Waals surface area contributed by atoms with Crippen molar-refractivity contribution in [1.82, 2.24) is 5.32 Å². The summed E-state index contributed by atoms with van der Waals surface area (Å²) < 4.78 is 9.92. The summed E-state index contributed by atoms with van der Waals surface area (Å²) in [5.74, 6) is 0.193. The van der Waals surface area contributed by atoms with Gasteiger partial charge in [0.25, 0.3) is 0 Å². The molecule has 0 radical (unpaired) electrons. The van der Waals surface area contributed by atoms with Crippen molar-refractivity contribution in [3.63, 3.8) is 0 Å². The Bertz CT molecular complexity index is 435. The monoisotopic (exact) mass is 243 g/mol. The first-order valence-corrected chi connectivity index (χ1v) is 5.00. The number of carbonyl (C=O) groups excluding carboxylic acids is 1. The third-order valence-corrected chi connectivity index (χ3v) is 2.54. The van der Waals surface area contributed by atoms with E-state index in [9.17, 15) is 9.90 Å². The zero-order valence-electron chi connectivity index (χ0n) is 8.49. The summed E-state index contributed by atoms with van der Waals surface area (Å²) in [5, 5.41) is 12.8. The lowest BCUT2D eigenvalue weighted by molar-refractivity contribution is 0.139. The van der Waals surface area contributed by atoms with Crippen LogP contribution in [0, 0.1) is 0 Å². The van der Waals surface area contributed by atoms with Gasteiger partial charge in [-0.05, 0) is 6.07 Å². The number of nitrogens with one attached hydrogen (secondary N) is 1. The molecule has 1 atom stereocenters. The van der Waals surface area contributed by atoms with Gasteiger partial charge in [-0.1, -0.05) is 11.6 Å². The quantitative estimate of drug-likeness (QED) is 0.832. The van der Waals surface area contributed by atoms with Gasteiger partial charge in [0.2, 0.25) is 0 Å². The molecule has 1 amide bonds. The van der Waals surface area contributed by atoms with Crippen LogP contribution in [0.2, 0.25) is 5.02 Å². The molecule has 2 N–H and O–H groups in total. The highest BCUT2D eigenvalue weighted by molar-refractivity contribution is 6.30. The third kappa shape index (κ3) is 1.86. The van der Waals surface area contributed by atoms with Gasteiger partial charge in [0.15, 0.2) is 11.5 Å². The minimum Gasteiger partial charge on any atom is -0.504 e. The Morgan fingerprint density at radius 3 is 2.94 bits per heavy atom. The number of hydrogen-bond donors (Lipinski definition) is 2. The summed E-state index contributed by atoms with van der Waals surface area (Å²) in [7, 11) is 1.42. The van der Waals surface area contributed by atoms with Gasteiger partial charge in [-0.2, -0.15) is 0 Å². The number of phenolic OH excluding ortho intramolecular Hbond substituents is 1. The Morgan fingerprint density at radius 1 is 1.62 bits per heavy atom. The molecule has 0 bridgehead atoms. The van der Waals surface area contributed by atoms with E-state index in [1.165, 1.54) is 13.2 Å². The van der Waals surface area contributed by atoms with E-state index in [0.717, 1.165) is 0 Å². The Hall–Kier alpha value is -1.62. The van der Waals surface area contributed by atoms with E-state index >= 15 is 0 Å². The maximum absolute atomic E-state index is 10.9. The molecule has 6 heteroatoms. The maximum Gasteiger partial charge on any atom is 0.407 e. The van der Waals surface area contributed by atoms with Crippen LogP contribution < -0.4 is 10.1 Å². The number of phenols is 1. The molecule has 86 valence electrons. The number of aromatic hydroxyl groups is 1. The zero-order chi connectivity index (χ0) is 11.7. The summed E-state index contributed by atoms with van der Waals surface area (Å²) in [6, 6.07) is 3.04. The minimum atomic E-state index is -0.542. The average Bonchev–Trinajstić information content (AvgIpc) is 2.67. The minimum absolute atomic E-state index is 0.0617. The summed E-state index contributed by atoms with van der Waals surface area (Å²) in [4.78, 5) is 10.9. The van der Waals surface area contributed by atoms with Gasteiger partial charge in [-0.15, -0.1) is 0 Å². The topological polar surface area (TPSA) is 67.8 Å². The number of methoxy groups -OCH3 is 1. The van der Waals surface area contributed by atoms with Crippen molar-refractivity contribution < 1.29 is 19.4 Å². The predicted molar refractivity (Wildman–Crippen MR) is 56.9 cm³/mol. The first-order chi connectivity index (χ1) is 7.61. The molecule has 5 nitrogen and oxygen atoms in total. The van der Waals surface area contributed by atoms with Crippen molar-refractivity contribution in [2.75, 3.05) is 13.7 Å². The first kappa shape index (κ1) is 10.9. The molecule has 0 aliphatic carbocycles. The Balaban J connectivity index is 2.40. The van der Waals surface area contributed by atoms with Crippen LogP contribution in [0.15, 0.2) is 12.1 Å². The fourth-order valence-electron chi connectivity index (χ4n) is 1.56. The molecule has 1 aromatic rings. The number of carbonyl (C=O) groups is 1. The molecule has 1 unspecified atom stereocenters. The molecule has 1 aromatic carbocycles. The molecule has 1 aliphatic heterocycles. The van der Waals surface area contributed by atoms with Gasteiger partial charge in [-0.3, -0.25) is 0 Å². The highest BCUT2D eigenvalue weighted by atomic mass is 35.5. The second-order valence-corrected chi connectivity index (χ2v) is 3.76. The Morgan fingerprint density at radius 2 is 2.38 bits per heavy atom. The third-order valence-electron chi connectivity index (χ3n) is 2.32. The molecular formula is C10H10ClNO4. The molecule has 1 saturated heterocycles. The van der Waals surface area contributed by atoms with E-state index in [4.69, 9.17) is 21.1 Å². The summed E-state index contributed by atoms with van der Waals surface area (Å²) >= 11 is 5.86. The lowest BCUT2D eigenvalue weighted by atomic mass is 10.1. The van der Waals surface area contributed by atoms with Crippen LogP contribution in [0.4, 0.5) is 4.79 Å². The smallest absolute Gasteiger partial charge is 0.407 e. The largest absolute Gasteiger partial charge is 0.504 e. The first-order valence-electron chi connectivity index (χ1n) is 4.62. The Kier molecular flexibility index (Phi) is 2.78. The molecule has 1 heterocycles. The standard InChI is InChI=1S/C10H10ClNO4/c1-15-7-3-5(11)2-6(9(7)13)8-4-12-10(14)16-8/h2-3,8,13H,4H2,1H3,(H,12,14). The van der Waals surface area contributed by atoms with E-state index in [2.05, 4.69) is 5.32 Å². The number of amides is 1. The molecule has 1 fully saturated rings. The molecule has 0 saturated carbocycles. The lowest BCUT2D eigenvalue weighted by Crippen LogP contribution is -2.12. The predicted octanol–water partition coefficient (Wildman–Crippen LogP) is 1.84. The number of hydrogen-bond acceptors (Lipinski definition) is 4. The normalized spacial score (nSPS) is 19.1. The van der Waals surface area contributed by atoms with Crippen LogP contribution in [-0.4, -0.2) is 24.9 Å². The molecule has 2 rings (SSSR count). The van der Waals surface area contributed by atoms with Gasteiger partial charge in [0, 0.05) is 16.7 Å². The van der Waals surface area contributed by atoms with Crippen LogP contribution in [0.3, 0.4) is 0 Å². The highest BCUT2D eigenvalue weighted by Crippen LogP contribution is 2.38. The fraction of sp³-hybridized carbons (Fsp3) is 0.300. The molecule has 16 heavy (non-hydrogen) atoms. The van der Waals surface area contributed by atoms with Crippen molar-refractivity contribution >= 4 is 17.7 Å². The molecular weight excluding hydrogens is 234 g/mol. The summed E-state index contributed by atoms with van der Waals surface area (Å²) in [6.07, 6.45) is -1.05. The summed E-state index contributed by atoms with van der Waals surface area (Å²) in [5.41, 5.74) is 0.433. The summed E-state index contributed by atoms with van der Waals surface area (Å²) in [6.45, 7) is 0.301. The van der Waals surface area contributed by atoms with Crippen LogP contribution in [0.1, 0.15) is 11.7 Å². The second kappa shape index (κ2) is 4.09. The van der Waals surface area contributed by atoms with Gasteiger partial charge >= 0.3 is 6.09 Å². The zero-order valence-corrected chi connectivity index (χ0v) is 9.25. The van der Waals surface area contributed by atoms with Gasteiger partial charge in [0.1, 0.15) is 6.10 Å². The van der Waals surface area contributed by atoms with Crippen LogP contribution >= 0.6 is 11.6 Å². The van der Waals surface area contributed by atoms with Crippen molar-refractivity contribution in [3.05, 3.63) is 22.7 Å². The number of alkyl carbamates (subject to hydrolysis) is 1. The van der Waals surface area contributed by atoms with Crippen molar-refractivity contribution in [2.24, 2.45) is 0 Å². The number of rotatable bonds is 2. The number of benzene rings is 1. The maximum atomic E-state index is 10.9. The lowest BCUT2D eigenvalue weighted by Gasteiger charge is -2.13. The SMILES string of the molecule is COc1cc(Cl)cc(C2CNC(=O)O2)c1O. The number of cyclic esters (lactones) is 1. The molecule has 0 aromatic heterocycles.